The zero-order chi connectivity index (χ0) is 22.0. The molecule has 0 aliphatic carbocycles. The van der Waals surface area contributed by atoms with Gasteiger partial charge in [-0.15, -0.1) is 0 Å². The first kappa shape index (κ1) is 22.1. The number of benzene rings is 1. The summed E-state index contributed by atoms with van der Waals surface area (Å²) in [6.45, 7) is 8.82. The molecule has 1 aromatic carbocycles. The highest BCUT2D eigenvalue weighted by atomic mass is 16.5. The van der Waals surface area contributed by atoms with E-state index >= 15 is 0 Å². The van der Waals surface area contributed by atoms with E-state index in [1.54, 1.807) is 7.11 Å². The van der Waals surface area contributed by atoms with E-state index in [-0.39, 0.29) is 0 Å². The maximum atomic E-state index is 5.48. The summed E-state index contributed by atoms with van der Waals surface area (Å²) in [7, 11) is 6.06. The van der Waals surface area contributed by atoms with Gasteiger partial charge >= 0.3 is 0 Å². The average molecular weight is 427 g/mol. The number of fused-ring (bicyclic) bond motifs is 1. The van der Waals surface area contributed by atoms with Gasteiger partial charge in [-0.2, -0.15) is 4.98 Å². The van der Waals surface area contributed by atoms with E-state index in [2.05, 4.69) is 60.1 Å². The Hall–Kier alpha value is -2.12. The van der Waals surface area contributed by atoms with E-state index in [0.717, 1.165) is 80.3 Å². The molecular formula is C24H38N6O. The van der Waals surface area contributed by atoms with Crippen molar-refractivity contribution in [3.05, 3.63) is 18.2 Å². The van der Waals surface area contributed by atoms with Gasteiger partial charge in [0.05, 0.1) is 12.6 Å². The predicted molar refractivity (Wildman–Crippen MR) is 128 cm³/mol. The Morgan fingerprint density at radius 1 is 1.03 bits per heavy atom. The van der Waals surface area contributed by atoms with Gasteiger partial charge in [-0.3, -0.25) is 0 Å². The molecule has 0 radical (unpaired) electrons. The highest BCUT2D eigenvalue weighted by Gasteiger charge is 2.25. The lowest BCUT2D eigenvalue weighted by molar-refractivity contribution is 0.177. The zero-order valence-electron chi connectivity index (χ0n) is 19.8. The van der Waals surface area contributed by atoms with Gasteiger partial charge < -0.3 is 24.8 Å². The Morgan fingerprint density at radius 3 is 2.35 bits per heavy atom. The number of methoxy groups -OCH3 is 1. The number of rotatable bonds is 6. The van der Waals surface area contributed by atoms with Crippen LogP contribution < -0.4 is 15.0 Å². The molecule has 31 heavy (non-hydrogen) atoms. The largest absolute Gasteiger partial charge is 0.497 e. The number of hydrogen-bond donors (Lipinski definition) is 1. The van der Waals surface area contributed by atoms with Crippen LogP contribution in [0, 0.1) is 0 Å². The fraction of sp³-hybridized carbons (Fsp3) is 0.667. The van der Waals surface area contributed by atoms with Gasteiger partial charge in [0.15, 0.2) is 0 Å². The molecule has 7 nitrogen and oxygen atoms in total. The third kappa shape index (κ3) is 5.04. The summed E-state index contributed by atoms with van der Waals surface area (Å²) in [5.74, 6) is 2.63. The number of aromatic nitrogens is 2. The zero-order valence-corrected chi connectivity index (χ0v) is 19.8. The molecule has 0 unspecified atom stereocenters. The van der Waals surface area contributed by atoms with Crippen LogP contribution in [-0.4, -0.2) is 85.3 Å². The molecule has 2 aliphatic heterocycles. The summed E-state index contributed by atoms with van der Waals surface area (Å²) in [6.07, 6.45) is 4.56. The van der Waals surface area contributed by atoms with Crippen LogP contribution in [0.25, 0.3) is 10.9 Å². The highest BCUT2D eigenvalue weighted by Crippen LogP contribution is 2.30. The van der Waals surface area contributed by atoms with Crippen molar-refractivity contribution in [2.45, 2.75) is 57.7 Å². The third-order valence-corrected chi connectivity index (χ3v) is 6.97. The first-order chi connectivity index (χ1) is 14.9. The van der Waals surface area contributed by atoms with Gasteiger partial charge in [0.2, 0.25) is 5.95 Å². The summed E-state index contributed by atoms with van der Waals surface area (Å²) >= 11 is 0. The Morgan fingerprint density at radius 2 is 1.74 bits per heavy atom. The van der Waals surface area contributed by atoms with Crippen molar-refractivity contribution in [3.8, 4) is 5.75 Å². The number of anilines is 2. The molecule has 0 amide bonds. The van der Waals surface area contributed by atoms with Crippen molar-refractivity contribution in [2.75, 3.05) is 57.6 Å². The molecular weight excluding hydrogens is 388 g/mol. The second kappa shape index (κ2) is 9.57. The van der Waals surface area contributed by atoms with Gasteiger partial charge in [-0.25, -0.2) is 4.98 Å². The Kier molecular flexibility index (Phi) is 6.82. The summed E-state index contributed by atoms with van der Waals surface area (Å²) in [5.41, 5.74) is 0.975. The fourth-order valence-electron chi connectivity index (χ4n) is 4.81. The quantitative estimate of drug-likeness (QED) is 0.759. The van der Waals surface area contributed by atoms with Crippen molar-refractivity contribution in [1.82, 2.24) is 19.8 Å². The minimum atomic E-state index is 0.437. The summed E-state index contributed by atoms with van der Waals surface area (Å²) in [6, 6.07) is 7.79. The molecule has 7 heteroatoms. The van der Waals surface area contributed by atoms with Gasteiger partial charge in [-0.05, 0) is 71.8 Å². The standard InChI is InChI=1S/C24H38N6O/c1-17(2)29-12-8-18(9-13-29)25-23-21-16-20(31-5)6-7-22(21)26-24(27-23)30-14-10-19(11-15-30)28(3)4/h6-7,16-19H,8-15H2,1-5H3,(H,25,26,27). The van der Waals surface area contributed by atoms with E-state index in [0.29, 0.717) is 18.1 Å². The van der Waals surface area contributed by atoms with Crippen LogP contribution in [0.15, 0.2) is 18.2 Å². The summed E-state index contributed by atoms with van der Waals surface area (Å²) in [4.78, 5) is 17.2. The minimum absolute atomic E-state index is 0.437. The Labute approximate surface area is 186 Å². The van der Waals surface area contributed by atoms with E-state index < -0.39 is 0 Å². The van der Waals surface area contributed by atoms with E-state index in [1.807, 2.05) is 6.07 Å². The molecule has 1 N–H and O–H groups in total. The molecule has 2 aromatic rings. The van der Waals surface area contributed by atoms with Crippen LogP contribution in [0.5, 0.6) is 5.75 Å². The van der Waals surface area contributed by atoms with Crippen LogP contribution in [0.3, 0.4) is 0 Å². The molecule has 2 fully saturated rings. The van der Waals surface area contributed by atoms with E-state index in [1.165, 1.54) is 0 Å². The van der Waals surface area contributed by atoms with Crippen LogP contribution in [0.2, 0.25) is 0 Å². The van der Waals surface area contributed by atoms with Crippen molar-refractivity contribution in [3.63, 3.8) is 0 Å². The number of hydrogen-bond acceptors (Lipinski definition) is 7. The number of ether oxygens (including phenoxy) is 1. The first-order valence-electron chi connectivity index (χ1n) is 11.7. The van der Waals surface area contributed by atoms with Crippen molar-refractivity contribution in [1.29, 1.82) is 0 Å². The second-order valence-corrected chi connectivity index (χ2v) is 9.49. The normalized spacial score (nSPS) is 19.5. The van der Waals surface area contributed by atoms with Crippen molar-refractivity contribution in [2.24, 2.45) is 0 Å². The molecule has 0 saturated carbocycles. The van der Waals surface area contributed by atoms with Crippen LogP contribution in [-0.2, 0) is 0 Å². The van der Waals surface area contributed by atoms with Crippen LogP contribution in [0.4, 0.5) is 11.8 Å². The minimum Gasteiger partial charge on any atom is -0.497 e. The smallest absolute Gasteiger partial charge is 0.227 e. The first-order valence-corrected chi connectivity index (χ1v) is 11.7. The van der Waals surface area contributed by atoms with Gasteiger partial charge in [0.1, 0.15) is 11.6 Å². The number of nitrogens with one attached hydrogen (secondary N) is 1. The molecule has 0 bridgehead atoms. The molecule has 2 aliphatic rings. The van der Waals surface area contributed by atoms with Crippen molar-refractivity contribution < 1.29 is 4.74 Å². The third-order valence-electron chi connectivity index (χ3n) is 6.97. The monoisotopic (exact) mass is 426 g/mol. The van der Waals surface area contributed by atoms with Crippen molar-refractivity contribution >= 4 is 22.7 Å². The maximum Gasteiger partial charge on any atom is 0.227 e. The fourth-order valence-corrected chi connectivity index (χ4v) is 4.81. The molecule has 1 aromatic heterocycles. The topological polar surface area (TPSA) is 56.8 Å². The van der Waals surface area contributed by atoms with Crippen LogP contribution >= 0.6 is 0 Å². The highest BCUT2D eigenvalue weighted by molar-refractivity contribution is 5.91. The van der Waals surface area contributed by atoms with Gasteiger partial charge in [-0.1, -0.05) is 0 Å². The lowest BCUT2D eigenvalue weighted by Crippen LogP contribution is -2.43. The molecule has 4 rings (SSSR count). The van der Waals surface area contributed by atoms with E-state index in [9.17, 15) is 0 Å². The Balaban J connectivity index is 1.58. The lowest BCUT2D eigenvalue weighted by atomic mass is 10.0. The summed E-state index contributed by atoms with van der Waals surface area (Å²) < 4.78 is 5.48. The molecule has 0 atom stereocenters. The lowest BCUT2D eigenvalue weighted by Gasteiger charge is -2.36. The molecule has 0 spiro atoms. The van der Waals surface area contributed by atoms with E-state index in [4.69, 9.17) is 14.7 Å². The number of nitrogens with zero attached hydrogens (tertiary/aromatic N) is 5. The van der Waals surface area contributed by atoms with Gasteiger partial charge in [0, 0.05) is 49.7 Å². The number of likely N-dealkylation sites (tertiary alicyclic amines) is 1. The van der Waals surface area contributed by atoms with Gasteiger partial charge in [0.25, 0.3) is 0 Å². The molecule has 3 heterocycles. The molecule has 170 valence electrons. The van der Waals surface area contributed by atoms with Crippen LogP contribution in [0.1, 0.15) is 39.5 Å². The molecule has 2 saturated heterocycles. The summed E-state index contributed by atoms with van der Waals surface area (Å²) in [5, 5.41) is 4.81. The number of piperidine rings is 2. The Bertz CT molecular complexity index is 870. The average Bonchev–Trinajstić information content (AvgIpc) is 2.79. The predicted octanol–water partition coefficient (Wildman–Crippen LogP) is 3.45. The maximum absolute atomic E-state index is 5.48. The SMILES string of the molecule is COc1ccc2nc(N3CCC(N(C)C)CC3)nc(NC3CCN(C(C)C)CC3)c2c1. The second-order valence-electron chi connectivity index (χ2n) is 9.49.